The van der Waals surface area contributed by atoms with Gasteiger partial charge in [0.2, 0.25) is 0 Å². The molecule has 1 aromatic carbocycles. The van der Waals surface area contributed by atoms with Gasteiger partial charge in [0.1, 0.15) is 0 Å². The fourth-order valence-electron chi connectivity index (χ4n) is 3.53. The van der Waals surface area contributed by atoms with E-state index in [1.807, 2.05) is 12.1 Å². The van der Waals surface area contributed by atoms with Crippen LogP contribution in [0.1, 0.15) is 19.3 Å². The van der Waals surface area contributed by atoms with Crippen LogP contribution in [0.25, 0.3) is 10.9 Å². The van der Waals surface area contributed by atoms with Crippen LogP contribution < -0.4 is 10.9 Å². The summed E-state index contributed by atoms with van der Waals surface area (Å²) in [7, 11) is 0. The molecule has 3 heterocycles. The van der Waals surface area contributed by atoms with E-state index in [1.54, 1.807) is 12.1 Å². The Hall–Kier alpha value is -1.76. The van der Waals surface area contributed by atoms with Crippen molar-refractivity contribution in [3.63, 3.8) is 0 Å². The second kappa shape index (κ2) is 5.15. The largest absolute Gasteiger partial charge is 0.364 e. The molecule has 0 aliphatic carbocycles. The van der Waals surface area contributed by atoms with Crippen molar-refractivity contribution in [1.82, 2.24) is 14.9 Å². The minimum Gasteiger partial charge on any atom is -0.364 e. The first-order chi connectivity index (χ1) is 10.6. The van der Waals surface area contributed by atoms with Gasteiger partial charge in [0.15, 0.2) is 5.79 Å². The quantitative estimate of drug-likeness (QED) is 0.851. The molecule has 0 radical (unpaired) electrons. The van der Waals surface area contributed by atoms with Crippen LogP contribution in [0.3, 0.4) is 0 Å². The molecule has 116 valence electrons. The van der Waals surface area contributed by atoms with Crippen molar-refractivity contribution >= 4 is 10.9 Å². The van der Waals surface area contributed by atoms with Crippen molar-refractivity contribution in [3.8, 4) is 0 Å². The minimum atomic E-state index is -1.30. The number of piperidine rings is 1. The molecule has 0 spiro atoms. The summed E-state index contributed by atoms with van der Waals surface area (Å²) in [5, 5.41) is 14.7. The maximum atomic E-state index is 12.5. The summed E-state index contributed by atoms with van der Waals surface area (Å²) >= 11 is 0. The average molecular weight is 301 g/mol. The van der Waals surface area contributed by atoms with Crippen LogP contribution in [-0.2, 0) is 11.3 Å². The third kappa shape index (κ3) is 2.33. The molecular formula is C16H19N3O3. The number of hydrogen-bond donors (Lipinski definition) is 2. The molecule has 2 N–H and O–H groups in total. The summed E-state index contributed by atoms with van der Waals surface area (Å²) in [4.78, 5) is 16.8. The third-order valence-corrected chi connectivity index (χ3v) is 4.58. The van der Waals surface area contributed by atoms with Crippen LogP contribution >= 0.6 is 0 Å². The number of benzene rings is 1. The van der Waals surface area contributed by atoms with Crippen LogP contribution in [0, 0.1) is 0 Å². The summed E-state index contributed by atoms with van der Waals surface area (Å²) in [6, 6.07) is 7.39. The van der Waals surface area contributed by atoms with Crippen molar-refractivity contribution in [1.29, 1.82) is 0 Å². The lowest BCUT2D eigenvalue weighted by Gasteiger charge is -2.25. The normalized spacial score (nSPS) is 31.3. The Balaban J connectivity index is 1.63. The van der Waals surface area contributed by atoms with E-state index in [9.17, 15) is 9.90 Å². The van der Waals surface area contributed by atoms with Gasteiger partial charge in [0.25, 0.3) is 5.56 Å². The molecule has 4 rings (SSSR count). The highest BCUT2D eigenvalue weighted by Crippen LogP contribution is 2.33. The number of fused-ring (bicyclic) bond motifs is 2. The zero-order chi connectivity index (χ0) is 15.2. The lowest BCUT2D eigenvalue weighted by Crippen LogP contribution is -2.41. The van der Waals surface area contributed by atoms with E-state index < -0.39 is 5.79 Å². The van der Waals surface area contributed by atoms with Gasteiger partial charge in [0, 0.05) is 12.5 Å². The Morgan fingerprint density at radius 3 is 3.18 bits per heavy atom. The molecule has 3 atom stereocenters. The first-order valence-electron chi connectivity index (χ1n) is 7.72. The fraction of sp³-hybridized carbons (Fsp3) is 0.500. The summed E-state index contributed by atoms with van der Waals surface area (Å²) in [5.74, 6) is -1.30. The van der Waals surface area contributed by atoms with Gasteiger partial charge in [-0.1, -0.05) is 12.1 Å². The molecule has 0 amide bonds. The van der Waals surface area contributed by atoms with Crippen LogP contribution in [-0.4, -0.2) is 39.1 Å². The number of aliphatic hydroxyl groups is 1. The molecule has 1 aromatic heterocycles. The van der Waals surface area contributed by atoms with Crippen molar-refractivity contribution in [2.75, 3.05) is 6.54 Å². The number of rotatable bonds is 2. The van der Waals surface area contributed by atoms with Gasteiger partial charge in [-0.25, -0.2) is 4.98 Å². The summed E-state index contributed by atoms with van der Waals surface area (Å²) in [6.07, 6.45) is 4.01. The van der Waals surface area contributed by atoms with E-state index in [0.29, 0.717) is 17.3 Å². The maximum absolute atomic E-state index is 12.5. The Morgan fingerprint density at radius 1 is 1.45 bits per heavy atom. The zero-order valence-electron chi connectivity index (χ0n) is 12.2. The molecule has 0 bridgehead atoms. The van der Waals surface area contributed by atoms with Crippen molar-refractivity contribution in [3.05, 3.63) is 40.9 Å². The smallest absolute Gasteiger partial charge is 0.261 e. The molecule has 2 aromatic rings. The molecule has 0 unspecified atom stereocenters. The van der Waals surface area contributed by atoms with Gasteiger partial charge < -0.3 is 15.2 Å². The van der Waals surface area contributed by atoms with Gasteiger partial charge in [-0.15, -0.1) is 0 Å². The predicted octanol–water partition coefficient (Wildman–Crippen LogP) is 0.626. The fourth-order valence-corrected chi connectivity index (χ4v) is 3.53. The van der Waals surface area contributed by atoms with E-state index >= 15 is 0 Å². The molecule has 2 aliphatic heterocycles. The summed E-state index contributed by atoms with van der Waals surface area (Å²) < 4.78 is 7.27. The number of hydrogen-bond acceptors (Lipinski definition) is 5. The van der Waals surface area contributed by atoms with E-state index in [0.717, 1.165) is 19.4 Å². The van der Waals surface area contributed by atoms with E-state index in [2.05, 4.69) is 10.3 Å². The molecule has 22 heavy (non-hydrogen) atoms. The number of nitrogens with one attached hydrogen (secondary N) is 1. The molecule has 6 nitrogen and oxygen atoms in total. The number of nitrogens with zero attached hydrogens (tertiary/aromatic N) is 2. The van der Waals surface area contributed by atoms with Gasteiger partial charge in [0.05, 0.1) is 29.9 Å². The van der Waals surface area contributed by atoms with E-state index in [1.165, 1.54) is 10.9 Å². The highest BCUT2D eigenvalue weighted by molar-refractivity contribution is 5.76. The lowest BCUT2D eigenvalue weighted by atomic mass is 9.99. The van der Waals surface area contributed by atoms with E-state index in [-0.39, 0.29) is 24.2 Å². The molecule has 6 heteroatoms. The van der Waals surface area contributed by atoms with Gasteiger partial charge in [-0.2, -0.15) is 0 Å². The van der Waals surface area contributed by atoms with Gasteiger partial charge >= 0.3 is 0 Å². The molecular weight excluding hydrogens is 282 g/mol. The first-order valence-corrected chi connectivity index (χ1v) is 7.72. The van der Waals surface area contributed by atoms with Gasteiger partial charge in [-0.3, -0.25) is 9.36 Å². The highest BCUT2D eigenvalue weighted by Gasteiger charge is 2.46. The van der Waals surface area contributed by atoms with Crippen LogP contribution in [0.4, 0.5) is 0 Å². The SMILES string of the molecule is O=c1c2ccccc2ncn1C[C@@]1(O)C[C@@H]2NCCC[C@@H]2O1. The Bertz CT molecular complexity index is 744. The monoisotopic (exact) mass is 301 g/mol. The van der Waals surface area contributed by atoms with Crippen LogP contribution in [0.2, 0.25) is 0 Å². The topological polar surface area (TPSA) is 76.4 Å². The third-order valence-electron chi connectivity index (χ3n) is 4.58. The first kappa shape index (κ1) is 13.9. The average Bonchev–Trinajstić information content (AvgIpc) is 2.86. The Kier molecular flexibility index (Phi) is 3.25. The number of aromatic nitrogens is 2. The van der Waals surface area contributed by atoms with Crippen molar-refractivity contribution < 1.29 is 9.84 Å². The van der Waals surface area contributed by atoms with Crippen LogP contribution in [0.15, 0.2) is 35.4 Å². The number of ether oxygens (including phenoxy) is 1. The molecule has 2 fully saturated rings. The Labute approximate surface area is 127 Å². The Morgan fingerprint density at radius 2 is 2.32 bits per heavy atom. The zero-order valence-corrected chi connectivity index (χ0v) is 12.2. The van der Waals surface area contributed by atoms with Crippen molar-refractivity contribution in [2.45, 2.75) is 43.7 Å². The van der Waals surface area contributed by atoms with Crippen LogP contribution in [0.5, 0.6) is 0 Å². The maximum Gasteiger partial charge on any atom is 0.261 e. The van der Waals surface area contributed by atoms with Gasteiger partial charge in [-0.05, 0) is 31.5 Å². The highest BCUT2D eigenvalue weighted by atomic mass is 16.6. The number of para-hydroxylation sites is 1. The lowest BCUT2D eigenvalue weighted by molar-refractivity contribution is -0.202. The molecule has 2 saturated heterocycles. The summed E-state index contributed by atoms with van der Waals surface area (Å²) in [5.41, 5.74) is 0.517. The van der Waals surface area contributed by atoms with E-state index in [4.69, 9.17) is 4.74 Å². The van der Waals surface area contributed by atoms with Crippen molar-refractivity contribution in [2.24, 2.45) is 0 Å². The minimum absolute atomic E-state index is 0.0304. The summed E-state index contributed by atoms with van der Waals surface area (Å²) in [6.45, 7) is 1.07. The second-order valence-corrected chi connectivity index (χ2v) is 6.20. The molecule has 0 saturated carbocycles. The molecule has 2 aliphatic rings. The predicted molar refractivity (Wildman–Crippen MR) is 81.5 cm³/mol. The second-order valence-electron chi connectivity index (χ2n) is 6.20. The standard InChI is InChI=1S/C16H19N3O3/c20-15-11-4-1-2-5-12(11)18-10-19(15)9-16(21)8-13-14(22-16)6-3-7-17-13/h1-2,4-5,10,13-14,17,21H,3,6-9H2/t13-,14-,16+/m0/s1.